The summed E-state index contributed by atoms with van der Waals surface area (Å²) >= 11 is 1.68. The first-order valence-corrected chi connectivity index (χ1v) is 11.0. The average Bonchev–Trinajstić information content (AvgIpc) is 3.16. The van der Waals surface area contributed by atoms with Gasteiger partial charge in [-0.3, -0.25) is 4.79 Å². The monoisotopic (exact) mass is 434 g/mol. The van der Waals surface area contributed by atoms with Gasteiger partial charge in [-0.1, -0.05) is 30.3 Å². The number of aromatic amines is 1. The second-order valence-corrected chi connectivity index (χ2v) is 8.21. The molecule has 0 spiro atoms. The molecule has 6 heteroatoms. The van der Waals surface area contributed by atoms with Gasteiger partial charge in [0.15, 0.2) is 0 Å². The Bertz CT molecular complexity index is 1170. The van der Waals surface area contributed by atoms with Crippen LogP contribution in [0, 0.1) is 5.82 Å². The van der Waals surface area contributed by atoms with Crippen molar-refractivity contribution in [1.29, 1.82) is 0 Å². The van der Waals surface area contributed by atoms with E-state index in [2.05, 4.69) is 16.4 Å². The van der Waals surface area contributed by atoms with E-state index in [9.17, 15) is 9.18 Å². The molecule has 0 aliphatic rings. The molecule has 4 nitrogen and oxygen atoms in total. The first-order valence-electron chi connectivity index (χ1n) is 10.0. The van der Waals surface area contributed by atoms with Crippen LogP contribution in [-0.4, -0.2) is 30.3 Å². The van der Waals surface area contributed by atoms with Crippen molar-refractivity contribution in [2.24, 2.45) is 0 Å². The van der Waals surface area contributed by atoms with Crippen LogP contribution in [0.5, 0.6) is 5.75 Å². The van der Waals surface area contributed by atoms with Gasteiger partial charge in [-0.05, 0) is 53.6 Å². The Hall–Kier alpha value is -3.25. The molecule has 0 aliphatic carbocycles. The number of carbonyl (C=O) groups is 1. The zero-order valence-corrected chi connectivity index (χ0v) is 18.0. The van der Waals surface area contributed by atoms with Crippen LogP contribution < -0.4 is 10.1 Å². The smallest absolute Gasteiger partial charge is 0.224 e. The van der Waals surface area contributed by atoms with Crippen LogP contribution in [0.15, 0.2) is 77.7 Å². The number of carbonyl (C=O) groups excluding carboxylic acids is 1. The van der Waals surface area contributed by atoms with Crippen molar-refractivity contribution in [3.8, 4) is 17.0 Å². The Morgan fingerprint density at radius 3 is 2.52 bits per heavy atom. The third-order valence-electron chi connectivity index (χ3n) is 4.99. The lowest BCUT2D eigenvalue weighted by molar-refractivity contribution is -0.120. The molecule has 4 rings (SSSR count). The van der Waals surface area contributed by atoms with Crippen molar-refractivity contribution >= 4 is 28.6 Å². The molecular formula is C25H23FN2O2S. The fraction of sp³-hybridized carbons (Fsp3) is 0.160. The number of rotatable bonds is 8. The molecule has 4 aromatic rings. The van der Waals surface area contributed by atoms with Crippen LogP contribution in [0.3, 0.4) is 0 Å². The van der Waals surface area contributed by atoms with Crippen LogP contribution in [0.2, 0.25) is 0 Å². The quantitative estimate of drug-likeness (QED) is 0.287. The summed E-state index contributed by atoms with van der Waals surface area (Å²) in [5.41, 5.74) is 3.88. The van der Waals surface area contributed by atoms with Gasteiger partial charge in [-0.15, -0.1) is 11.8 Å². The van der Waals surface area contributed by atoms with E-state index >= 15 is 0 Å². The molecule has 0 unspecified atom stereocenters. The van der Waals surface area contributed by atoms with E-state index in [4.69, 9.17) is 4.74 Å². The minimum atomic E-state index is -0.256. The van der Waals surface area contributed by atoms with Crippen LogP contribution in [0.4, 0.5) is 4.39 Å². The Balaban J connectivity index is 1.40. The fourth-order valence-electron chi connectivity index (χ4n) is 3.42. The highest BCUT2D eigenvalue weighted by Crippen LogP contribution is 2.37. The molecule has 0 saturated heterocycles. The van der Waals surface area contributed by atoms with Crippen molar-refractivity contribution in [1.82, 2.24) is 10.3 Å². The Morgan fingerprint density at radius 1 is 1.03 bits per heavy atom. The zero-order valence-electron chi connectivity index (χ0n) is 17.2. The minimum absolute atomic E-state index is 0.0107. The number of thioether (sulfide) groups is 1. The maximum Gasteiger partial charge on any atom is 0.224 e. The molecule has 1 amide bonds. The van der Waals surface area contributed by atoms with E-state index in [1.54, 1.807) is 31.0 Å². The van der Waals surface area contributed by atoms with Gasteiger partial charge in [-0.25, -0.2) is 4.39 Å². The number of para-hydroxylation sites is 1. The Labute approximate surface area is 184 Å². The standard InChI is InChI=1S/C25H23FN2O2S/c1-30-20-12-6-17(7-13-20)16-23(29)27-14-15-31-25-21-4-2-3-5-22(21)28-24(25)18-8-10-19(26)11-9-18/h2-13,28H,14-16H2,1H3,(H,27,29). The Kier molecular flexibility index (Phi) is 6.57. The van der Waals surface area contributed by atoms with E-state index < -0.39 is 0 Å². The first kappa shape index (κ1) is 21.0. The SMILES string of the molecule is COc1ccc(CC(=O)NCCSc2c(-c3ccc(F)cc3)[nH]c3ccccc23)cc1. The lowest BCUT2D eigenvalue weighted by Crippen LogP contribution is -2.27. The minimum Gasteiger partial charge on any atom is -0.497 e. The maximum absolute atomic E-state index is 13.4. The number of benzene rings is 3. The van der Waals surface area contributed by atoms with E-state index in [0.29, 0.717) is 13.0 Å². The predicted octanol–water partition coefficient (Wildman–Crippen LogP) is 5.43. The van der Waals surface area contributed by atoms with E-state index in [0.717, 1.165) is 44.1 Å². The summed E-state index contributed by atoms with van der Waals surface area (Å²) in [5.74, 6) is 1.23. The van der Waals surface area contributed by atoms with Gasteiger partial charge in [0.1, 0.15) is 11.6 Å². The number of ether oxygens (including phenoxy) is 1. The summed E-state index contributed by atoms with van der Waals surface area (Å²) in [5, 5.41) is 4.11. The van der Waals surface area contributed by atoms with E-state index in [-0.39, 0.29) is 11.7 Å². The number of hydrogen-bond donors (Lipinski definition) is 2. The summed E-state index contributed by atoms with van der Waals surface area (Å²) in [6, 6.07) is 22.1. The van der Waals surface area contributed by atoms with E-state index in [1.807, 2.05) is 42.5 Å². The molecule has 0 radical (unpaired) electrons. The third-order valence-corrected chi connectivity index (χ3v) is 6.11. The summed E-state index contributed by atoms with van der Waals surface area (Å²) < 4.78 is 18.5. The highest BCUT2D eigenvalue weighted by molar-refractivity contribution is 7.99. The van der Waals surface area contributed by atoms with Gasteiger partial charge in [0.2, 0.25) is 5.91 Å². The molecule has 0 bridgehead atoms. The molecule has 0 aliphatic heterocycles. The molecule has 2 N–H and O–H groups in total. The molecule has 0 atom stereocenters. The van der Waals surface area contributed by atoms with Crippen molar-refractivity contribution < 1.29 is 13.9 Å². The molecule has 1 heterocycles. The largest absolute Gasteiger partial charge is 0.497 e. The van der Waals surface area contributed by atoms with Crippen molar-refractivity contribution in [3.63, 3.8) is 0 Å². The highest BCUT2D eigenvalue weighted by atomic mass is 32.2. The van der Waals surface area contributed by atoms with Gasteiger partial charge in [0.25, 0.3) is 0 Å². The number of amides is 1. The Morgan fingerprint density at radius 2 is 1.77 bits per heavy atom. The summed E-state index contributed by atoms with van der Waals surface area (Å²) in [4.78, 5) is 16.8. The maximum atomic E-state index is 13.4. The van der Waals surface area contributed by atoms with E-state index in [1.165, 1.54) is 12.1 Å². The number of aromatic nitrogens is 1. The van der Waals surface area contributed by atoms with Crippen LogP contribution in [0.1, 0.15) is 5.56 Å². The van der Waals surface area contributed by atoms with Crippen molar-refractivity contribution in [3.05, 3.63) is 84.2 Å². The second-order valence-electron chi connectivity index (χ2n) is 7.10. The second kappa shape index (κ2) is 9.71. The molecule has 31 heavy (non-hydrogen) atoms. The number of halogens is 1. The van der Waals surface area contributed by atoms with Gasteiger partial charge in [-0.2, -0.15) is 0 Å². The predicted molar refractivity (Wildman–Crippen MR) is 124 cm³/mol. The van der Waals surface area contributed by atoms with Gasteiger partial charge in [0.05, 0.1) is 19.2 Å². The van der Waals surface area contributed by atoms with Crippen LogP contribution in [-0.2, 0) is 11.2 Å². The molecule has 158 valence electrons. The highest BCUT2D eigenvalue weighted by Gasteiger charge is 2.14. The van der Waals surface area contributed by atoms with Crippen molar-refractivity contribution in [2.75, 3.05) is 19.4 Å². The molecular weight excluding hydrogens is 411 g/mol. The van der Waals surface area contributed by atoms with Gasteiger partial charge < -0.3 is 15.0 Å². The normalized spacial score (nSPS) is 10.9. The number of nitrogens with one attached hydrogen (secondary N) is 2. The lowest BCUT2D eigenvalue weighted by atomic mass is 10.1. The van der Waals surface area contributed by atoms with Crippen LogP contribution >= 0.6 is 11.8 Å². The fourth-order valence-corrected chi connectivity index (χ4v) is 4.48. The molecule has 0 fully saturated rings. The topological polar surface area (TPSA) is 54.1 Å². The summed E-state index contributed by atoms with van der Waals surface area (Å²) in [7, 11) is 1.62. The first-order chi connectivity index (χ1) is 15.1. The van der Waals surface area contributed by atoms with Gasteiger partial charge in [0, 0.05) is 28.1 Å². The number of fused-ring (bicyclic) bond motifs is 1. The average molecular weight is 435 g/mol. The summed E-state index contributed by atoms with van der Waals surface area (Å²) in [6.07, 6.45) is 0.336. The number of methoxy groups -OCH3 is 1. The number of hydrogen-bond acceptors (Lipinski definition) is 3. The molecule has 1 aromatic heterocycles. The molecule has 0 saturated carbocycles. The lowest BCUT2D eigenvalue weighted by Gasteiger charge is -2.08. The summed E-state index contributed by atoms with van der Waals surface area (Å²) in [6.45, 7) is 0.558. The van der Waals surface area contributed by atoms with Crippen LogP contribution in [0.25, 0.3) is 22.2 Å². The number of H-pyrrole nitrogens is 1. The van der Waals surface area contributed by atoms with Crippen molar-refractivity contribution in [2.45, 2.75) is 11.3 Å². The zero-order chi connectivity index (χ0) is 21.6. The van der Waals surface area contributed by atoms with Gasteiger partial charge >= 0.3 is 0 Å². The molecule has 3 aromatic carbocycles. The third kappa shape index (κ3) is 5.09.